The molecule has 3 heterocycles. The number of pyridine rings is 2. The van der Waals surface area contributed by atoms with Crippen LogP contribution < -0.4 is 5.32 Å². The quantitative estimate of drug-likeness (QED) is 0.744. The smallest absolute Gasteiger partial charge is 0.412 e. The third-order valence-electron chi connectivity index (χ3n) is 2.77. The fourth-order valence-electron chi connectivity index (χ4n) is 1.80. The number of carbonyl (C=O) groups is 1. The first kappa shape index (κ1) is 12.1. The van der Waals surface area contributed by atoms with Gasteiger partial charge in [0.2, 0.25) is 0 Å². The summed E-state index contributed by atoms with van der Waals surface area (Å²) in [6.45, 7) is 0. The summed E-state index contributed by atoms with van der Waals surface area (Å²) in [5.74, 6) is 0.404. The van der Waals surface area contributed by atoms with Gasteiger partial charge < -0.3 is 4.74 Å². The van der Waals surface area contributed by atoms with Gasteiger partial charge in [0.05, 0.1) is 19.0 Å². The lowest BCUT2D eigenvalue weighted by Gasteiger charge is -2.05. The van der Waals surface area contributed by atoms with Crippen LogP contribution in [0.4, 0.5) is 10.6 Å². The number of ether oxygens (including phenoxy) is 1. The maximum atomic E-state index is 11.2. The zero-order chi connectivity index (χ0) is 13.9. The zero-order valence-electron chi connectivity index (χ0n) is 10.6. The van der Waals surface area contributed by atoms with Crippen molar-refractivity contribution < 1.29 is 9.53 Å². The molecule has 0 saturated heterocycles. The average molecular weight is 269 g/mol. The van der Waals surface area contributed by atoms with Gasteiger partial charge in [-0.05, 0) is 24.3 Å². The molecule has 0 atom stereocenters. The molecule has 100 valence electrons. The van der Waals surface area contributed by atoms with Crippen LogP contribution in [0.25, 0.3) is 22.3 Å². The molecule has 2 N–H and O–H groups in total. The molecule has 3 aromatic heterocycles. The zero-order valence-corrected chi connectivity index (χ0v) is 10.6. The van der Waals surface area contributed by atoms with E-state index in [1.807, 2.05) is 18.2 Å². The number of fused-ring (bicyclic) bond motifs is 1. The Hall–Kier alpha value is -2.96. The van der Waals surface area contributed by atoms with E-state index in [1.54, 1.807) is 18.5 Å². The molecule has 20 heavy (non-hydrogen) atoms. The molecule has 7 heteroatoms. The molecular weight excluding hydrogens is 258 g/mol. The Balaban J connectivity index is 1.96. The van der Waals surface area contributed by atoms with Gasteiger partial charge in [-0.3, -0.25) is 10.4 Å². The van der Waals surface area contributed by atoms with E-state index in [1.165, 1.54) is 7.11 Å². The Morgan fingerprint density at radius 3 is 3.10 bits per heavy atom. The Morgan fingerprint density at radius 2 is 2.25 bits per heavy atom. The van der Waals surface area contributed by atoms with Gasteiger partial charge in [-0.2, -0.15) is 5.10 Å². The largest absolute Gasteiger partial charge is 0.453 e. The second-order valence-electron chi connectivity index (χ2n) is 4.05. The van der Waals surface area contributed by atoms with Gasteiger partial charge >= 0.3 is 6.09 Å². The summed E-state index contributed by atoms with van der Waals surface area (Å²) in [7, 11) is 1.30. The molecule has 1 amide bonds. The Labute approximate surface area is 114 Å². The van der Waals surface area contributed by atoms with E-state index in [2.05, 4.69) is 30.2 Å². The van der Waals surface area contributed by atoms with Gasteiger partial charge in [-0.25, -0.2) is 14.8 Å². The number of hydrogen-bond acceptors (Lipinski definition) is 5. The molecule has 0 aliphatic carbocycles. The monoisotopic (exact) mass is 269 g/mol. The highest BCUT2D eigenvalue weighted by molar-refractivity contribution is 5.84. The molecule has 7 nitrogen and oxygen atoms in total. The van der Waals surface area contributed by atoms with E-state index in [-0.39, 0.29) is 0 Å². The highest BCUT2D eigenvalue weighted by Crippen LogP contribution is 2.21. The molecule has 0 aliphatic rings. The van der Waals surface area contributed by atoms with Crippen molar-refractivity contribution >= 4 is 22.9 Å². The molecule has 0 bridgehead atoms. The van der Waals surface area contributed by atoms with Crippen LogP contribution in [-0.2, 0) is 4.74 Å². The van der Waals surface area contributed by atoms with E-state index >= 15 is 0 Å². The lowest BCUT2D eigenvalue weighted by Crippen LogP contribution is -2.11. The Morgan fingerprint density at radius 1 is 1.35 bits per heavy atom. The van der Waals surface area contributed by atoms with Crippen molar-refractivity contribution in [1.82, 2.24) is 20.2 Å². The number of amides is 1. The summed E-state index contributed by atoms with van der Waals surface area (Å²) in [5.41, 5.74) is 2.31. The van der Waals surface area contributed by atoms with Gasteiger partial charge in [0, 0.05) is 17.1 Å². The Kier molecular flexibility index (Phi) is 3.00. The first-order valence-electron chi connectivity index (χ1n) is 5.88. The maximum absolute atomic E-state index is 11.2. The number of nitrogens with one attached hydrogen (secondary N) is 2. The first-order chi connectivity index (χ1) is 9.76. The molecule has 0 unspecified atom stereocenters. The van der Waals surface area contributed by atoms with Crippen LogP contribution in [0.1, 0.15) is 0 Å². The van der Waals surface area contributed by atoms with Crippen molar-refractivity contribution in [2.75, 3.05) is 12.4 Å². The van der Waals surface area contributed by atoms with Crippen LogP contribution in [0, 0.1) is 0 Å². The normalized spacial score (nSPS) is 10.4. The van der Waals surface area contributed by atoms with Gasteiger partial charge in [0.1, 0.15) is 5.82 Å². The lowest BCUT2D eigenvalue weighted by molar-refractivity contribution is 0.187. The highest BCUT2D eigenvalue weighted by atomic mass is 16.5. The molecule has 0 aliphatic heterocycles. The molecule has 0 radical (unpaired) electrons. The van der Waals surface area contributed by atoms with Crippen LogP contribution in [0.3, 0.4) is 0 Å². The minimum Gasteiger partial charge on any atom is -0.453 e. The number of aromatic amines is 1. The SMILES string of the molecule is COC(=O)Nc1cc(-c2ccc3cn[nH]c3n2)ccn1. The third-order valence-corrected chi connectivity index (χ3v) is 2.77. The standard InChI is InChI=1S/C13H11N5O2/c1-20-13(19)17-11-6-8(4-5-14-11)10-3-2-9-7-15-18-12(9)16-10/h2-7H,1H3,(H,14,17,19)(H,15,16,18). The van der Waals surface area contributed by atoms with Crippen molar-refractivity contribution in [2.24, 2.45) is 0 Å². The van der Waals surface area contributed by atoms with Crippen molar-refractivity contribution in [3.63, 3.8) is 0 Å². The first-order valence-corrected chi connectivity index (χ1v) is 5.88. The van der Waals surface area contributed by atoms with Gasteiger partial charge in [0.25, 0.3) is 0 Å². The molecular formula is C13H11N5O2. The van der Waals surface area contributed by atoms with Crippen LogP contribution in [0.5, 0.6) is 0 Å². The van der Waals surface area contributed by atoms with Gasteiger partial charge in [-0.1, -0.05) is 0 Å². The third kappa shape index (κ3) is 2.28. The van der Waals surface area contributed by atoms with Gasteiger partial charge in [0.15, 0.2) is 5.65 Å². The Bertz CT molecular complexity index is 768. The van der Waals surface area contributed by atoms with Crippen LogP contribution in [0.15, 0.2) is 36.7 Å². The van der Waals surface area contributed by atoms with Crippen molar-refractivity contribution in [2.45, 2.75) is 0 Å². The number of nitrogens with zero attached hydrogens (tertiary/aromatic N) is 3. The van der Waals surface area contributed by atoms with E-state index in [0.717, 1.165) is 16.6 Å². The van der Waals surface area contributed by atoms with Gasteiger partial charge in [-0.15, -0.1) is 0 Å². The summed E-state index contributed by atoms with van der Waals surface area (Å²) in [6.07, 6.45) is 2.74. The summed E-state index contributed by atoms with van der Waals surface area (Å²) in [4.78, 5) is 19.7. The van der Waals surface area contributed by atoms with Crippen molar-refractivity contribution in [3.05, 3.63) is 36.7 Å². The summed E-state index contributed by atoms with van der Waals surface area (Å²) in [6, 6.07) is 7.35. The summed E-state index contributed by atoms with van der Waals surface area (Å²) in [5, 5.41) is 10.2. The molecule has 3 aromatic rings. The number of H-pyrrole nitrogens is 1. The highest BCUT2D eigenvalue weighted by Gasteiger charge is 2.06. The predicted octanol–water partition coefficient (Wildman–Crippen LogP) is 2.20. The number of rotatable bonds is 2. The molecule has 3 rings (SSSR count). The number of anilines is 1. The molecule has 0 spiro atoms. The molecule has 0 aromatic carbocycles. The minimum absolute atomic E-state index is 0.404. The number of hydrogen-bond donors (Lipinski definition) is 2. The van der Waals surface area contributed by atoms with Crippen LogP contribution >= 0.6 is 0 Å². The van der Waals surface area contributed by atoms with Crippen LogP contribution in [-0.4, -0.2) is 33.4 Å². The van der Waals surface area contributed by atoms with Crippen molar-refractivity contribution in [1.29, 1.82) is 0 Å². The average Bonchev–Trinajstić information content (AvgIpc) is 2.94. The van der Waals surface area contributed by atoms with Crippen molar-refractivity contribution in [3.8, 4) is 11.3 Å². The second kappa shape index (κ2) is 4.96. The minimum atomic E-state index is -0.563. The summed E-state index contributed by atoms with van der Waals surface area (Å²) < 4.78 is 4.53. The second-order valence-corrected chi connectivity index (χ2v) is 4.05. The van der Waals surface area contributed by atoms with Crippen LogP contribution in [0.2, 0.25) is 0 Å². The van der Waals surface area contributed by atoms with E-state index in [0.29, 0.717) is 11.5 Å². The van der Waals surface area contributed by atoms with E-state index in [9.17, 15) is 4.79 Å². The topological polar surface area (TPSA) is 92.8 Å². The lowest BCUT2D eigenvalue weighted by atomic mass is 10.1. The van der Waals surface area contributed by atoms with E-state index in [4.69, 9.17) is 0 Å². The summed E-state index contributed by atoms with van der Waals surface area (Å²) >= 11 is 0. The number of aromatic nitrogens is 4. The molecule has 0 saturated carbocycles. The maximum Gasteiger partial charge on any atom is 0.412 e. The number of carbonyl (C=O) groups excluding carboxylic acids is 1. The predicted molar refractivity (Wildman–Crippen MR) is 73.1 cm³/mol. The fourth-order valence-corrected chi connectivity index (χ4v) is 1.80. The van der Waals surface area contributed by atoms with E-state index < -0.39 is 6.09 Å². The fraction of sp³-hybridized carbons (Fsp3) is 0.0769. The number of methoxy groups -OCH3 is 1. The molecule has 0 fully saturated rings.